The summed E-state index contributed by atoms with van der Waals surface area (Å²) in [6.07, 6.45) is -2.28. The Labute approximate surface area is 127 Å². The van der Waals surface area contributed by atoms with Crippen LogP contribution < -0.4 is 9.64 Å². The summed E-state index contributed by atoms with van der Waals surface area (Å²) in [6.45, 7) is 4.08. The lowest BCUT2D eigenvalue weighted by molar-refractivity contribution is -0.263. The molecule has 0 saturated carbocycles. The molecule has 0 bridgehead atoms. The maximum absolute atomic E-state index is 13.0. The SMILES string of the molecule is CC(C)Oc1nccnc1N1CCCC(O)(C(F)(F)F)CC1. The van der Waals surface area contributed by atoms with E-state index in [4.69, 9.17) is 4.74 Å². The van der Waals surface area contributed by atoms with E-state index < -0.39 is 18.2 Å². The molecule has 0 radical (unpaired) electrons. The number of aliphatic hydroxyl groups is 1. The molecule has 1 aromatic heterocycles. The Kier molecular flexibility index (Phi) is 4.79. The van der Waals surface area contributed by atoms with E-state index >= 15 is 0 Å². The van der Waals surface area contributed by atoms with Gasteiger partial charge in [0.25, 0.3) is 5.88 Å². The van der Waals surface area contributed by atoms with Crippen molar-refractivity contribution in [2.75, 3.05) is 18.0 Å². The Hall–Kier alpha value is -1.57. The van der Waals surface area contributed by atoms with Crippen LogP contribution in [0.15, 0.2) is 12.4 Å². The molecule has 0 aromatic carbocycles. The van der Waals surface area contributed by atoms with Gasteiger partial charge in [0, 0.05) is 31.9 Å². The molecule has 0 amide bonds. The molecule has 22 heavy (non-hydrogen) atoms. The molecule has 1 aromatic rings. The van der Waals surface area contributed by atoms with Gasteiger partial charge in [-0.1, -0.05) is 0 Å². The summed E-state index contributed by atoms with van der Waals surface area (Å²) in [5.74, 6) is 0.720. The van der Waals surface area contributed by atoms with E-state index in [2.05, 4.69) is 9.97 Å². The van der Waals surface area contributed by atoms with Crippen LogP contribution in [0.25, 0.3) is 0 Å². The number of hydrogen-bond donors (Lipinski definition) is 1. The van der Waals surface area contributed by atoms with Gasteiger partial charge in [-0.15, -0.1) is 0 Å². The van der Waals surface area contributed by atoms with Gasteiger partial charge in [-0.05, 0) is 26.7 Å². The Morgan fingerprint density at radius 2 is 1.91 bits per heavy atom. The second-order valence-corrected chi connectivity index (χ2v) is 5.72. The van der Waals surface area contributed by atoms with Gasteiger partial charge in [0.2, 0.25) is 0 Å². The van der Waals surface area contributed by atoms with Crippen LogP contribution in [0.5, 0.6) is 5.88 Å². The number of alkyl halides is 3. The number of aromatic nitrogens is 2. The molecule has 5 nitrogen and oxygen atoms in total. The molecular formula is C14H20F3N3O2. The van der Waals surface area contributed by atoms with Gasteiger partial charge in [0.05, 0.1) is 6.10 Å². The molecule has 1 atom stereocenters. The van der Waals surface area contributed by atoms with Crippen LogP contribution in [-0.4, -0.2) is 46.0 Å². The normalized spacial score (nSPS) is 23.5. The first kappa shape index (κ1) is 16.8. The van der Waals surface area contributed by atoms with Gasteiger partial charge in [0.15, 0.2) is 11.4 Å². The minimum absolute atomic E-state index is 0.0448. The first-order valence-corrected chi connectivity index (χ1v) is 7.25. The van der Waals surface area contributed by atoms with E-state index in [-0.39, 0.29) is 25.5 Å². The fourth-order valence-corrected chi connectivity index (χ4v) is 2.46. The smallest absolute Gasteiger partial charge is 0.417 e. The predicted octanol–water partition coefficient (Wildman–Crippen LogP) is 2.55. The molecule has 1 saturated heterocycles. The van der Waals surface area contributed by atoms with Crippen molar-refractivity contribution in [2.24, 2.45) is 0 Å². The zero-order valence-electron chi connectivity index (χ0n) is 12.6. The van der Waals surface area contributed by atoms with Crippen LogP contribution in [0.3, 0.4) is 0 Å². The van der Waals surface area contributed by atoms with Crippen molar-refractivity contribution in [3.05, 3.63) is 12.4 Å². The van der Waals surface area contributed by atoms with Gasteiger partial charge in [-0.25, -0.2) is 9.97 Å². The number of hydrogen-bond acceptors (Lipinski definition) is 5. The minimum Gasteiger partial charge on any atom is -0.472 e. The minimum atomic E-state index is -4.62. The van der Waals surface area contributed by atoms with Crippen LogP contribution in [0, 0.1) is 0 Å². The van der Waals surface area contributed by atoms with Crippen LogP contribution in [0.1, 0.15) is 33.1 Å². The summed E-state index contributed by atoms with van der Waals surface area (Å²) >= 11 is 0. The lowest BCUT2D eigenvalue weighted by Gasteiger charge is -2.29. The van der Waals surface area contributed by atoms with E-state index in [0.717, 1.165) is 0 Å². The van der Waals surface area contributed by atoms with Crippen molar-refractivity contribution < 1.29 is 23.0 Å². The maximum Gasteiger partial charge on any atom is 0.417 e. The van der Waals surface area contributed by atoms with Crippen molar-refractivity contribution in [1.29, 1.82) is 0 Å². The van der Waals surface area contributed by atoms with Crippen molar-refractivity contribution in [3.8, 4) is 5.88 Å². The first-order valence-electron chi connectivity index (χ1n) is 7.25. The van der Waals surface area contributed by atoms with Gasteiger partial charge in [-0.3, -0.25) is 0 Å². The van der Waals surface area contributed by atoms with E-state index in [1.807, 2.05) is 13.8 Å². The van der Waals surface area contributed by atoms with Crippen molar-refractivity contribution in [2.45, 2.75) is 51.0 Å². The molecule has 8 heteroatoms. The van der Waals surface area contributed by atoms with Crippen molar-refractivity contribution in [3.63, 3.8) is 0 Å². The summed E-state index contributed by atoms with van der Waals surface area (Å²) in [4.78, 5) is 9.97. The van der Waals surface area contributed by atoms with Gasteiger partial charge in [0.1, 0.15) is 0 Å². The van der Waals surface area contributed by atoms with Crippen LogP contribution in [0.4, 0.5) is 19.0 Å². The average Bonchev–Trinajstić information content (AvgIpc) is 2.61. The van der Waals surface area contributed by atoms with Crippen LogP contribution in [-0.2, 0) is 0 Å². The molecule has 1 aliphatic rings. The Morgan fingerprint density at radius 3 is 2.55 bits per heavy atom. The molecule has 2 heterocycles. The van der Waals surface area contributed by atoms with Gasteiger partial charge in [-0.2, -0.15) is 13.2 Å². The quantitative estimate of drug-likeness (QED) is 0.928. The highest BCUT2D eigenvalue weighted by Gasteiger charge is 2.53. The number of ether oxygens (including phenoxy) is 1. The highest BCUT2D eigenvalue weighted by Crippen LogP contribution is 2.39. The van der Waals surface area contributed by atoms with Crippen LogP contribution in [0.2, 0.25) is 0 Å². The second-order valence-electron chi connectivity index (χ2n) is 5.72. The zero-order chi connectivity index (χ0) is 16.4. The summed E-state index contributed by atoms with van der Waals surface area (Å²) < 4.78 is 44.5. The molecular weight excluding hydrogens is 299 g/mol. The maximum atomic E-state index is 13.0. The molecule has 1 N–H and O–H groups in total. The van der Waals surface area contributed by atoms with Gasteiger partial charge < -0.3 is 14.7 Å². The van der Waals surface area contributed by atoms with E-state index in [1.54, 1.807) is 4.90 Å². The molecule has 1 unspecified atom stereocenters. The fourth-order valence-electron chi connectivity index (χ4n) is 2.46. The van der Waals surface area contributed by atoms with E-state index in [1.165, 1.54) is 12.4 Å². The lowest BCUT2D eigenvalue weighted by atomic mass is 9.94. The Morgan fingerprint density at radius 1 is 1.23 bits per heavy atom. The molecule has 1 aliphatic heterocycles. The predicted molar refractivity (Wildman–Crippen MR) is 74.9 cm³/mol. The van der Waals surface area contributed by atoms with Crippen molar-refractivity contribution >= 4 is 5.82 Å². The van der Waals surface area contributed by atoms with E-state index in [0.29, 0.717) is 18.2 Å². The lowest BCUT2D eigenvalue weighted by Crippen LogP contribution is -2.45. The average molecular weight is 319 g/mol. The molecule has 0 spiro atoms. The number of anilines is 1. The topological polar surface area (TPSA) is 58.5 Å². The molecule has 124 valence electrons. The molecule has 2 rings (SSSR count). The summed E-state index contributed by atoms with van der Waals surface area (Å²) in [7, 11) is 0. The third-order valence-corrected chi connectivity index (χ3v) is 3.63. The number of rotatable bonds is 3. The monoisotopic (exact) mass is 319 g/mol. The first-order chi connectivity index (χ1) is 10.2. The zero-order valence-corrected chi connectivity index (χ0v) is 12.6. The summed E-state index contributed by atoms with van der Waals surface area (Å²) in [5.41, 5.74) is -2.64. The largest absolute Gasteiger partial charge is 0.472 e. The number of halogens is 3. The Bertz CT molecular complexity index is 510. The van der Waals surface area contributed by atoms with Crippen LogP contribution >= 0.6 is 0 Å². The number of nitrogens with zero attached hydrogens (tertiary/aromatic N) is 3. The standard InChI is InChI=1S/C14H20F3N3O2/c1-10(2)22-12-11(18-6-7-19-12)20-8-3-4-13(21,5-9-20)14(15,16)17/h6-7,10,21H,3-5,8-9H2,1-2H3. The van der Waals surface area contributed by atoms with Gasteiger partial charge >= 0.3 is 6.18 Å². The van der Waals surface area contributed by atoms with Crippen molar-refractivity contribution in [1.82, 2.24) is 9.97 Å². The van der Waals surface area contributed by atoms with E-state index in [9.17, 15) is 18.3 Å². The second kappa shape index (κ2) is 6.28. The highest BCUT2D eigenvalue weighted by molar-refractivity contribution is 5.48. The molecule has 1 fully saturated rings. The third kappa shape index (κ3) is 3.60. The fraction of sp³-hybridized carbons (Fsp3) is 0.714. The highest BCUT2D eigenvalue weighted by atomic mass is 19.4. The molecule has 0 aliphatic carbocycles. The summed E-state index contributed by atoms with van der Waals surface area (Å²) in [5, 5.41) is 9.85. The third-order valence-electron chi connectivity index (χ3n) is 3.63. The Balaban J connectivity index is 2.18. The summed E-state index contributed by atoms with van der Waals surface area (Å²) in [6, 6.07) is 0.